The maximum Gasteiger partial charge on any atom is 0.0697 e. The van der Waals surface area contributed by atoms with E-state index >= 15 is 0 Å². The van der Waals surface area contributed by atoms with Crippen LogP contribution in [0.5, 0.6) is 0 Å². The Morgan fingerprint density at radius 2 is 2.33 bits per heavy atom. The smallest absolute Gasteiger partial charge is 0.0697 e. The van der Waals surface area contributed by atoms with E-state index in [4.69, 9.17) is 0 Å². The normalized spacial score (nSPS) is 43.8. The molecule has 0 aromatic heterocycles. The summed E-state index contributed by atoms with van der Waals surface area (Å²) < 4.78 is 0. The lowest BCUT2D eigenvalue weighted by molar-refractivity contribution is -0.0236. The minimum absolute atomic E-state index is 0.0683. The molecule has 72 valence electrons. The van der Waals surface area contributed by atoms with E-state index in [1.54, 1.807) is 0 Å². The summed E-state index contributed by atoms with van der Waals surface area (Å²) in [5.74, 6) is 0.505. The van der Waals surface area contributed by atoms with Gasteiger partial charge < -0.3 is 10.4 Å². The lowest BCUT2D eigenvalue weighted by Gasteiger charge is -2.55. The van der Waals surface area contributed by atoms with Crippen molar-refractivity contribution in [2.24, 2.45) is 5.92 Å². The number of aliphatic hydroxyl groups excluding tert-OH is 1. The minimum atomic E-state index is -0.282. The van der Waals surface area contributed by atoms with Crippen molar-refractivity contribution in [2.75, 3.05) is 7.05 Å². The van der Waals surface area contributed by atoms with Gasteiger partial charge in [0.2, 0.25) is 0 Å². The lowest BCUT2D eigenvalue weighted by atomic mass is 9.62. The zero-order chi connectivity index (χ0) is 9.35. The van der Waals surface area contributed by atoms with Crippen LogP contribution in [0, 0.1) is 5.92 Å². The first-order valence-electron chi connectivity index (χ1n) is 4.63. The van der Waals surface area contributed by atoms with E-state index in [2.05, 4.69) is 24.9 Å². The molecule has 0 amide bonds. The van der Waals surface area contributed by atoms with Gasteiger partial charge >= 0.3 is 0 Å². The second-order valence-electron chi connectivity index (χ2n) is 3.75. The van der Waals surface area contributed by atoms with E-state index in [-0.39, 0.29) is 11.6 Å². The van der Waals surface area contributed by atoms with Gasteiger partial charge in [0.1, 0.15) is 0 Å². The fourth-order valence-corrected chi connectivity index (χ4v) is 3.21. The topological polar surface area (TPSA) is 32.3 Å². The van der Waals surface area contributed by atoms with Crippen LogP contribution in [0.2, 0.25) is 0 Å². The Morgan fingerprint density at radius 1 is 1.75 bits per heavy atom. The van der Waals surface area contributed by atoms with Gasteiger partial charge in [-0.15, -0.1) is 0 Å². The van der Waals surface area contributed by atoms with Crippen LogP contribution in [-0.4, -0.2) is 29.0 Å². The summed E-state index contributed by atoms with van der Waals surface area (Å²) in [6.07, 6.45) is 1.78. The summed E-state index contributed by atoms with van der Waals surface area (Å²) in [5.41, 5.74) is -0.0683. The molecular weight excluding hydrogens is 170 g/mol. The standard InChI is InChI=1S/C9H19NOS/c1-4-7-8(12)5-9(7,10-3)6(2)11/h6-8,10-12H,4-5H2,1-3H3/t6?,7?,8?,9-/m1/s1. The second-order valence-corrected chi connectivity index (χ2v) is 4.42. The number of aliphatic hydroxyl groups is 1. The number of hydrogen-bond donors (Lipinski definition) is 3. The zero-order valence-corrected chi connectivity index (χ0v) is 8.94. The molecule has 0 saturated heterocycles. The average molecular weight is 189 g/mol. The summed E-state index contributed by atoms with van der Waals surface area (Å²) in [6, 6.07) is 0. The Kier molecular flexibility index (Phi) is 3.07. The molecule has 0 heterocycles. The van der Waals surface area contributed by atoms with Gasteiger partial charge in [-0.3, -0.25) is 0 Å². The van der Waals surface area contributed by atoms with Gasteiger partial charge in [-0.2, -0.15) is 12.6 Å². The maximum absolute atomic E-state index is 9.65. The maximum atomic E-state index is 9.65. The fraction of sp³-hybridized carbons (Fsp3) is 1.00. The highest BCUT2D eigenvalue weighted by atomic mass is 32.1. The third-order valence-corrected chi connectivity index (χ3v) is 3.87. The van der Waals surface area contributed by atoms with Crippen molar-refractivity contribution in [2.45, 2.75) is 43.6 Å². The van der Waals surface area contributed by atoms with E-state index in [1.807, 2.05) is 14.0 Å². The summed E-state index contributed by atoms with van der Waals surface area (Å²) in [6.45, 7) is 4.01. The number of rotatable bonds is 3. The molecule has 2 N–H and O–H groups in total. The van der Waals surface area contributed by atoms with Gasteiger partial charge in [0.25, 0.3) is 0 Å². The average Bonchev–Trinajstić information content (AvgIpc) is 1.99. The molecule has 1 saturated carbocycles. The van der Waals surface area contributed by atoms with Gasteiger partial charge in [-0.25, -0.2) is 0 Å². The number of hydrogen-bond acceptors (Lipinski definition) is 3. The van der Waals surface area contributed by atoms with Crippen molar-refractivity contribution in [3.05, 3.63) is 0 Å². The predicted molar refractivity (Wildman–Crippen MR) is 54.6 cm³/mol. The van der Waals surface area contributed by atoms with Gasteiger partial charge in [0.05, 0.1) is 6.10 Å². The molecule has 1 aliphatic carbocycles. The second kappa shape index (κ2) is 3.56. The highest BCUT2D eigenvalue weighted by molar-refractivity contribution is 7.81. The molecule has 12 heavy (non-hydrogen) atoms. The van der Waals surface area contributed by atoms with Gasteiger partial charge in [0, 0.05) is 10.8 Å². The first-order chi connectivity index (χ1) is 5.58. The predicted octanol–water partition coefficient (Wildman–Crippen LogP) is 1.05. The van der Waals surface area contributed by atoms with Crippen molar-refractivity contribution in [1.82, 2.24) is 5.32 Å². The quantitative estimate of drug-likeness (QED) is 0.580. The van der Waals surface area contributed by atoms with E-state index in [1.165, 1.54) is 0 Å². The van der Waals surface area contributed by atoms with Crippen LogP contribution in [-0.2, 0) is 0 Å². The summed E-state index contributed by atoms with van der Waals surface area (Å²) in [7, 11) is 1.93. The van der Waals surface area contributed by atoms with Crippen LogP contribution in [0.3, 0.4) is 0 Å². The van der Waals surface area contributed by atoms with Crippen LogP contribution in [0.4, 0.5) is 0 Å². The number of thiol groups is 1. The molecule has 0 aromatic rings. The Morgan fingerprint density at radius 3 is 2.50 bits per heavy atom. The minimum Gasteiger partial charge on any atom is -0.391 e. The van der Waals surface area contributed by atoms with Crippen molar-refractivity contribution < 1.29 is 5.11 Å². The third kappa shape index (κ3) is 1.28. The molecule has 3 unspecified atom stereocenters. The molecule has 0 radical (unpaired) electrons. The fourth-order valence-electron chi connectivity index (χ4n) is 2.44. The van der Waals surface area contributed by atoms with Crippen molar-refractivity contribution in [3.8, 4) is 0 Å². The van der Waals surface area contributed by atoms with Crippen molar-refractivity contribution in [1.29, 1.82) is 0 Å². The van der Waals surface area contributed by atoms with Crippen LogP contribution in [0.15, 0.2) is 0 Å². The number of nitrogens with one attached hydrogen (secondary N) is 1. The van der Waals surface area contributed by atoms with Crippen molar-refractivity contribution >= 4 is 12.6 Å². The molecule has 0 bridgehead atoms. The summed E-state index contributed by atoms with van der Waals surface area (Å²) >= 11 is 4.47. The molecule has 2 nitrogen and oxygen atoms in total. The largest absolute Gasteiger partial charge is 0.391 e. The lowest BCUT2D eigenvalue weighted by Crippen LogP contribution is -2.68. The molecule has 1 aliphatic rings. The van der Waals surface area contributed by atoms with Gasteiger partial charge in [0.15, 0.2) is 0 Å². The molecule has 3 heteroatoms. The molecule has 1 fully saturated rings. The number of likely N-dealkylation sites (N-methyl/N-ethyl adjacent to an activating group) is 1. The van der Waals surface area contributed by atoms with Gasteiger partial charge in [-0.1, -0.05) is 13.3 Å². The van der Waals surface area contributed by atoms with Crippen LogP contribution in [0.25, 0.3) is 0 Å². The van der Waals surface area contributed by atoms with E-state index < -0.39 is 0 Å². The Hall–Kier alpha value is 0.270. The first kappa shape index (κ1) is 10.4. The van der Waals surface area contributed by atoms with E-state index in [0.29, 0.717) is 11.2 Å². The monoisotopic (exact) mass is 189 g/mol. The van der Waals surface area contributed by atoms with Gasteiger partial charge in [-0.05, 0) is 26.3 Å². The third-order valence-electron chi connectivity index (χ3n) is 3.32. The molecule has 0 spiro atoms. The zero-order valence-electron chi connectivity index (χ0n) is 8.04. The van der Waals surface area contributed by atoms with Crippen LogP contribution < -0.4 is 5.32 Å². The summed E-state index contributed by atoms with van der Waals surface area (Å²) in [4.78, 5) is 0. The Bertz CT molecular complexity index is 163. The Balaban J connectivity index is 2.70. The highest BCUT2D eigenvalue weighted by Crippen LogP contribution is 2.45. The first-order valence-corrected chi connectivity index (χ1v) is 5.15. The van der Waals surface area contributed by atoms with E-state index in [0.717, 1.165) is 12.8 Å². The summed E-state index contributed by atoms with van der Waals surface area (Å²) in [5, 5.41) is 13.3. The molecule has 0 aromatic carbocycles. The molecular formula is C9H19NOS. The van der Waals surface area contributed by atoms with E-state index in [9.17, 15) is 5.11 Å². The van der Waals surface area contributed by atoms with Crippen LogP contribution in [0.1, 0.15) is 26.7 Å². The van der Waals surface area contributed by atoms with Crippen molar-refractivity contribution in [3.63, 3.8) is 0 Å². The molecule has 4 atom stereocenters. The molecule has 0 aliphatic heterocycles. The molecule has 1 rings (SSSR count). The SMILES string of the molecule is CCC1C(S)C[C@@]1(NC)C(C)O. The highest BCUT2D eigenvalue weighted by Gasteiger charge is 2.53. The van der Waals surface area contributed by atoms with Crippen LogP contribution >= 0.6 is 12.6 Å². The Labute approximate surface area is 80.2 Å².